The van der Waals surface area contributed by atoms with E-state index in [2.05, 4.69) is 49.2 Å². The van der Waals surface area contributed by atoms with E-state index in [0.29, 0.717) is 24.4 Å². The molecule has 1 unspecified atom stereocenters. The SMILES string of the molecule is C=S(=O)(c1ccc(C(C)(F)F)cc1)N(C)CCCNc1cc(-c2ccccc2C)nc2c(C)cnn12.CCC. The summed E-state index contributed by atoms with van der Waals surface area (Å²) in [4.78, 5) is 5.26. The van der Waals surface area contributed by atoms with Crippen LogP contribution in [0.25, 0.3) is 16.9 Å². The van der Waals surface area contributed by atoms with Gasteiger partial charge in [0.25, 0.3) is 5.92 Å². The van der Waals surface area contributed by atoms with Gasteiger partial charge in [0.05, 0.1) is 21.6 Å². The van der Waals surface area contributed by atoms with Crippen LogP contribution in [0.15, 0.2) is 65.7 Å². The number of anilines is 1. The molecule has 4 aromatic rings. The highest BCUT2D eigenvalue weighted by molar-refractivity contribution is 7.98. The van der Waals surface area contributed by atoms with Crippen molar-refractivity contribution in [3.63, 3.8) is 0 Å². The van der Waals surface area contributed by atoms with Crippen LogP contribution in [-0.2, 0) is 15.6 Å². The highest BCUT2D eigenvalue weighted by Crippen LogP contribution is 2.28. The van der Waals surface area contributed by atoms with Crippen LogP contribution in [0.3, 0.4) is 0 Å². The second-order valence-corrected chi connectivity index (χ2v) is 12.2. The largest absolute Gasteiger partial charge is 0.370 e. The Labute approximate surface area is 231 Å². The molecule has 0 aliphatic rings. The van der Waals surface area contributed by atoms with Gasteiger partial charge in [-0.05, 0) is 50.9 Å². The summed E-state index contributed by atoms with van der Waals surface area (Å²) in [6, 6.07) is 15.7. The number of fused-ring (bicyclic) bond motifs is 1. The van der Waals surface area contributed by atoms with Gasteiger partial charge in [0, 0.05) is 47.7 Å². The number of hydrogen-bond donors (Lipinski definition) is 1. The van der Waals surface area contributed by atoms with E-state index in [0.717, 1.165) is 40.8 Å². The second-order valence-electron chi connectivity index (χ2n) is 9.80. The minimum absolute atomic E-state index is 0.115. The first-order valence-electron chi connectivity index (χ1n) is 13.1. The molecule has 6 nitrogen and oxygen atoms in total. The summed E-state index contributed by atoms with van der Waals surface area (Å²) in [5, 5.41) is 7.90. The van der Waals surface area contributed by atoms with Crippen LogP contribution in [0.2, 0.25) is 0 Å². The number of nitrogens with one attached hydrogen (secondary N) is 1. The van der Waals surface area contributed by atoms with Gasteiger partial charge in [-0.1, -0.05) is 56.7 Å². The molecule has 0 aliphatic carbocycles. The van der Waals surface area contributed by atoms with Crippen LogP contribution in [-0.4, -0.2) is 49.1 Å². The minimum atomic E-state index is -2.94. The smallest absolute Gasteiger partial charge is 0.270 e. The van der Waals surface area contributed by atoms with Crippen LogP contribution in [0, 0.1) is 13.8 Å². The summed E-state index contributed by atoms with van der Waals surface area (Å²) in [5.41, 5.74) is 4.72. The Balaban J connectivity index is 0.00000134. The number of aryl methyl sites for hydroxylation is 2. The predicted octanol–water partition coefficient (Wildman–Crippen LogP) is 6.97. The van der Waals surface area contributed by atoms with Crippen molar-refractivity contribution in [3.05, 3.63) is 77.5 Å². The Hall–Kier alpha value is -3.30. The average molecular weight is 556 g/mol. The molecule has 39 heavy (non-hydrogen) atoms. The number of aromatic nitrogens is 3. The number of benzene rings is 2. The van der Waals surface area contributed by atoms with Crippen LogP contribution < -0.4 is 5.32 Å². The molecule has 0 spiro atoms. The molecule has 2 aromatic heterocycles. The van der Waals surface area contributed by atoms with Crippen molar-refractivity contribution < 1.29 is 13.0 Å². The Bertz CT molecular complexity index is 1490. The highest BCUT2D eigenvalue weighted by Gasteiger charge is 2.24. The van der Waals surface area contributed by atoms with E-state index in [9.17, 15) is 13.0 Å². The highest BCUT2D eigenvalue weighted by atomic mass is 32.2. The van der Waals surface area contributed by atoms with Crippen molar-refractivity contribution in [3.8, 4) is 11.3 Å². The first kappa shape index (κ1) is 30.2. The summed E-state index contributed by atoms with van der Waals surface area (Å²) in [5.74, 6) is 1.77. The van der Waals surface area contributed by atoms with Crippen LogP contribution in [0.1, 0.15) is 50.3 Å². The predicted molar refractivity (Wildman–Crippen MR) is 159 cm³/mol. The van der Waals surface area contributed by atoms with Crippen molar-refractivity contribution in [2.75, 3.05) is 25.5 Å². The summed E-state index contributed by atoms with van der Waals surface area (Å²) >= 11 is 0. The molecule has 2 aromatic carbocycles. The van der Waals surface area contributed by atoms with Crippen molar-refractivity contribution >= 4 is 27.0 Å². The molecular formula is C30H39F2N5OS. The van der Waals surface area contributed by atoms with E-state index < -0.39 is 15.6 Å². The third-order valence-corrected chi connectivity index (χ3v) is 8.46. The van der Waals surface area contributed by atoms with Crippen LogP contribution in [0.4, 0.5) is 14.6 Å². The molecule has 2 heterocycles. The molecule has 1 atom stereocenters. The Kier molecular flexibility index (Phi) is 9.85. The van der Waals surface area contributed by atoms with E-state index in [4.69, 9.17) is 4.98 Å². The number of alkyl halides is 2. The minimum Gasteiger partial charge on any atom is -0.370 e. The molecule has 0 aliphatic heterocycles. The molecule has 0 saturated heterocycles. The van der Waals surface area contributed by atoms with Gasteiger partial charge in [-0.2, -0.15) is 9.61 Å². The van der Waals surface area contributed by atoms with Crippen molar-refractivity contribution in [1.29, 1.82) is 0 Å². The second kappa shape index (κ2) is 12.7. The normalized spacial score (nSPS) is 13.2. The zero-order valence-corrected chi connectivity index (χ0v) is 24.5. The number of halogens is 2. The standard InChI is InChI=1S/C27H31F2N5OS.C3H8/c1-19-9-6-7-10-23(19)24-17-25(34-26(32-24)20(2)18-31-34)30-15-8-16-33(4)36(5,35)22-13-11-21(12-14-22)27(3,28)29;1-3-2/h6-7,9-14,17-18,30H,5,8,15-16H2,1-4H3;3H2,1-2H3. The lowest BCUT2D eigenvalue weighted by molar-refractivity contribution is 0.0174. The Morgan fingerprint density at radius 3 is 2.33 bits per heavy atom. The molecule has 210 valence electrons. The van der Waals surface area contributed by atoms with E-state index in [1.54, 1.807) is 22.1 Å². The molecule has 0 amide bonds. The zero-order valence-electron chi connectivity index (χ0n) is 23.7. The maximum absolute atomic E-state index is 13.5. The van der Waals surface area contributed by atoms with Crippen molar-refractivity contribution in [1.82, 2.24) is 18.9 Å². The van der Waals surface area contributed by atoms with Gasteiger partial charge >= 0.3 is 0 Å². The van der Waals surface area contributed by atoms with Crippen LogP contribution >= 0.6 is 0 Å². The molecule has 0 saturated carbocycles. The number of hydrogen-bond acceptors (Lipinski definition) is 4. The molecule has 0 radical (unpaired) electrons. The van der Waals surface area contributed by atoms with Gasteiger partial charge in [0.15, 0.2) is 5.65 Å². The lowest BCUT2D eigenvalue weighted by atomic mass is 10.1. The van der Waals surface area contributed by atoms with Crippen molar-refractivity contribution in [2.45, 2.75) is 58.3 Å². The van der Waals surface area contributed by atoms with Gasteiger partial charge in [0.2, 0.25) is 0 Å². The fourth-order valence-corrected chi connectivity index (χ4v) is 5.35. The molecule has 4 rings (SSSR count). The lowest BCUT2D eigenvalue weighted by Gasteiger charge is -2.23. The molecule has 9 heteroatoms. The first-order chi connectivity index (χ1) is 18.4. The maximum Gasteiger partial charge on any atom is 0.270 e. The van der Waals surface area contributed by atoms with Crippen LogP contribution in [0.5, 0.6) is 0 Å². The van der Waals surface area contributed by atoms with E-state index >= 15 is 0 Å². The first-order valence-corrected chi connectivity index (χ1v) is 14.8. The van der Waals surface area contributed by atoms with Gasteiger partial charge in [-0.25, -0.2) is 22.3 Å². The average Bonchev–Trinajstić information content (AvgIpc) is 3.27. The van der Waals surface area contributed by atoms with E-state index in [1.807, 2.05) is 25.1 Å². The Morgan fingerprint density at radius 2 is 1.72 bits per heavy atom. The summed E-state index contributed by atoms with van der Waals surface area (Å²) in [7, 11) is -1.06. The molecule has 0 bridgehead atoms. The van der Waals surface area contributed by atoms with E-state index in [-0.39, 0.29) is 5.56 Å². The topological polar surface area (TPSA) is 62.5 Å². The molecule has 1 N–H and O–H groups in total. The number of rotatable bonds is 9. The third kappa shape index (κ3) is 7.22. The third-order valence-electron chi connectivity index (χ3n) is 6.26. The Morgan fingerprint density at radius 1 is 1.08 bits per heavy atom. The number of nitrogens with zero attached hydrogens (tertiary/aromatic N) is 4. The molecule has 0 fully saturated rings. The fraction of sp³-hybridized carbons (Fsp3) is 0.367. The van der Waals surface area contributed by atoms with E-state index in [1.165, 1.54) is 30.7 Å². The van der Waals surface area contributed by atoms with Crippen molar-refractivity contribution in [2.24, 2.45) is 0 Å². The summed E-state index contributed by atoms with van der Waals surface area (Å²) in [6.45, 7) is 10.2. The monoisotopic (exact) mass is 555 g/mol. The summed E-state index contributed by atoms with van der Waals surface area (Å²) in [6.07, 6.45) is 3.72. The van der Waals surface area contributed by atoms with Gasteiger partial charge < -0.3 is 5.32 Å². The maximum atomic E-state index is 13.5. The summed E-state index contributed by atoms with van der Waals surface area (Å²) < 4.78 is 43.8. The van der Waals surface area contributed by atoms with Gasteiger partial charge in [0.1, 0.15) is 5.82 Å². The lowest BCUT2D eigenvalue weighted by Crippen LogP contribution is -2.29. The van der Waals surface area contributed by atoms with Gasteiger partial charge in [-0.15, -0.1) is 0 Å². The van der Waals surface area contributed by atoms with Gasteiger partial charge in [-0.3, -0.25) is 0 Å². The fourth-order valence-electron chi connectivity index (χ4n) is 4.00. The zero-order chi connectivity index (χ0) is 28.8. The molecular weight excluding hydrogens is 516 g/mol. The quantitative estimate of drug-likeness (QED) is 0.179.